The van der Waals surface area contributed by atoms with Gasteiger partial charge in [0.15, 0.2) is 5.96 Å². The molecule has 0 amide bonds. The number of nitrogens with one attached hydrogen (secondary N) is 2. The Balaban J connectivity index is 0.00000484. The second-order valence-corrected chi connectivity index (χ2v) is 6.55. The van der Waals surface area contributed by atoms with E-state index in [0.29, 0.717) is 12.5 Å². The third-order valence-electron chi connectivity index (χ3n) is 3.34. The van der Waals surface area contributed by atoms with Crippen molar-refractivity contribution in [2.45, 2.75) is 60.5 Å². The molecule has 0 aliphatic carbocycles. The molecule has 6 heteroatoms. The van der Waals surface area contributed by atoms with Crippen LogP contribution in [0.1, 0.15) is 53.3 Å². The molecule has 0 aliphatic rings. The number of halogens is 1. The molecule has 0 atom stereocenters. The van der Waals surface area contributed by atoms with E-state index in [9.17, 15) is 0 Å². The van der Waals surface area contributed by atoms with E-state index in [1.54, 1.807) is 0 Å². The van der Waals surface area contributed by atoms with Crippen LogP contribution in [0.3, 0.4) is 0 Å². The highest BCUT2D eigenvalue weighted by molar-refractivity contribution is 14.0. The standard InChI is InChI=1S/C17H33N5.HI/c1-6-18-17(20-9-7-8-14(2)3)21-12-16-19-10-11-22(16)13-15(4)5;/h10-11,14-15H,6-9,12-13H2,1-5H3,(H2,18,20,21);1H. The van der Waals surface area contributed by atoms with Gasteiger partial charge in [-0.1, -0.05) is 27.7 Å². The molecule has 23 heavy (non-hydrogen) atoms. The summed E-state index contributed by atoms with van der Waals surface area (Å²) in [5.41, 5.74) is 0. The van der Waals surface area contributed by atoms with Gasteiger partial charge in [0.2, 0.25) is 0 Å². The Morgan fingerprint density at radius 1 is 1.22 bits per heavy atom. The molecule has 1 heterocycles. The van der Waals surface area contributed by atoms with Crippen LogP contribution in [0.25, 0.3) is 0 Å². The summed E-state index contributed by atoms with van der Waals surface area (Å²) in [6.07, 6.45) is 6.30. The van der Waals surface area contributed by atoms with Gasteiger partial charge in [0.25, 0.3) is 0 Å². The lowest BCUT2D eigenvalue weighted by Gasteiger charge is -2.13. The van der Waals surface area contributed by atoms with Crippen molar-refractivity contribution in [3.05, 3.63) is 18.2 Å². The summed E-state index contributed by atoms with van der Waals surface area (Å²) in [5, 5.41) is 6.70. The quantitative estimate of drug-likeness (QED) is 0.270. The molecular formula is C17H34IN5. The number of aliphatic imine (C=N–C) groups is 1. The second-order valence-electron chi connectivity index (χ2n) is 6.55. The fraction of sp³-hybridized carbons (Fsp3) is 0.765. The highest BCUT2D eigenvalue weighted by Crippen LogP contribution is 2.05. The van der Waals surface area contributed by atoms with Crippen LogP contribution in [0.4, 0.5) is 0 Å². The van der Waals surface area contributed by atoms with E-state index in [2.05, 4.69) is 59.8 Å². The van der Waals surface area contributed by atoms with Crippen molar-refractivity contribution >= 4 is 29.9 Å². The average Bonchev–Trinajstić information content (AvgIpc) is 2.87. The molecule has 0 bridgehead atoms. The van der Waals surface area contributed by atoms with Crippen molar-refractivity contribution in [2.24, 2.45) is 16.8 Å². The molecule has 0 fully saturated rings. The molecule has 0 saturated heterocycles. The van der Waals surface area contributed by atoms with E-state index < -0.39 is 0 Å². The van der Waals surface area contributed by atoms with Crippen LogP contribution in [0, 0.1) is 11.8 Å². The van der Waals surface area contributed by atoms with Crippen molar-refractivity contribution in [3.63, 3.8) is 0 Å². The van der Waals surface area contributed by atoms with E-state index in [1.807, 2.05) is 12.4 Å². The molecule has 0 aromatic carbocycles. The first-order chi connectivity index (χ1) is 10.5. The maximum absolute atomic E-state index is 4.65. The molecule has 134 valence electrons. The predicted octanol–water partition coefficient (Wildman–Crippen LogP) is 3.65. The largest absolute Gasteiger partial charge is 0.357 e. The Kier molecular flexibility index (Phi) is 12.2. The summed E-state index contributed by atoms with van der Waals surface area (Å²) in [4.78, 5) is 9.07. The Morgan fingerprint density at radius 3 is 2.57 bits per heavy atom. The molecule has 0 aliphatic heterocycles. The topological polar surface area (TPSA) is 54.2 Å². The first kappa shape index (κ1) is 22.2. The third kappa shape index (κ3) is 9.84. The summed E-state index contributed by atoms with van der Waals surface area (Å²) in [6, 6.07) is 0. The van der Waals surface area contributed by atoms with E-state index >= 15 is 0 Å². The van der Waals surface area contributed by atoms with Gasteiger partial charge in [0.1, 0.15) is 12.4 Å². The normalized spacial score (nSPS) is 11.7. The lowest BCUT2D eigenvalue weighted by molar-refractivity contribution is 0.507. The molecule has 1 aromatic heterocycles. The van der Waals surface area contributed by atoms with E-state index in [1.165, 1.54) is 12.8 Å². The van der Waals surface area contributed by atoms with Gasteiger partial charge in [-0.3, -0.25) is 0 Å². The summed E-state index contributed by atoms with van der Waals surface area (Å²) in [7, 11) is 0. The van der Waals surface area contributed by atoms with E-state index in [-0.39, 0.29) is 24.0 Å². The summed E-state index contributed by atoms with van der Waals surface area (Å²) >= 11 is 0. The number of rotatable bonds is 9. The van der Waals surface area contributed by atoms with Gasteiger partial charge < -0.3 is 15.2 Å². The van der Waals surface area contributed by atoms with Gasteiger partial charge in [-0.2, -0.15) is 0 Å². The van der Waals surface area contributed by atoms with Crippen LogP contribution < -0.4 is 10.6 Å². The zero-order chi connectivity index (χ0) is 16.4. The Morgan fingerprint density at radius 2 is 1.96 bits per heavy atom. The molecule has 1 rings (SSSR count). The minimum Gasteiger partial charge on any atom is -0.357 e. The number of hydrogen-bond donors (Lipinski definition) is 2. The van der Waals surface area contributed by atoms with Crippen molar-refractivity contribution in [1.82, 2.24) is 20.2 Å². The molecule has 0 spiro atoms. The van der Waals surface area contributed by atoms with Crippen LogP contribution in [0.5, 0.6) is 0 Å². The summed E-state index contributed by atoms with van der Waals surface area (Å²) in [5.74, 6) is 3.27. The molecule has 0 saturated carbocycles. The molecule has 0 unspecified atom stereocenters. The van der Waals surface area contributed by atoms with Gasteiger partial charge >= 0.3 is 0 Å². The molecule has 0 radical (unpaired) electrons. The second kappa shape index (κ2) is 12.6. The van der Waals surface area contributed by atoms with Crippen molar-refractivity contribution in [2.75, 3.05) is 13.1 Å². The summed E-state index contributed by atoms with van der Waals surface area (Å²) in [6.45, 7) is 14.5. The predicted molar refractivity (Wildman–Crippen MR) is 109 cm³/mol. The minimum atomic E-state index is 0. The van der Waals surface area contributed by atoms with Gasteiger partial charge in [-0.15, -0.1) is 24.0 Å². The third-order valence-corrected chi connectivity index (χ3v) is 3.34. The van der Waals surface area contributed by atoms with Gasteiger partial charge in [-0.05, 0) is 31.6 Å². The van der Waals surface area contributed by atoms with Crippen molar-refractivity contribution in [1.29, 1.82) is 0 Å². The highest BCUT2D eigenvalue weighted by Gasteiger charge is 2.05. The Hall–Kier alpha value is -0.790. The van der Waals surface area contributed by atoms with Gasteiger partial charge in [0, 0.05) is 32.0 Å². The maximum atomic E-state index is 4.65. The van der Waals surface area contributed by atoms with E-state index in [0.717, 1.165) is 37.3 Å². The SMILES string of the molecule is CCNC(=NCc1nccn1CC(C)C)NCCCC(C)C.I. The smallest absolute Gasteiger partial charge is 0.191 e. The fourth-order valence-corrected chi connectivity index (χ4v) is 2.26. The maximum Gasteiger partial charge on any atom is 0.191 e. The average molecular weight is 435 g/mol. The van der Waals surface area contributed by atoms with Crippen molar-refractivity contribution < 1.29 is 0 Å². The van der Waals surface area contributed by atoms with Gasteiger partial charge in [0.05, 0.1) is 0 Å². The lowest BCUT2D eigenvalue weighted by Crippen LogP contribution is -2.37. The first-order valence-corrected chi connectivity index (χ1v) is 8.55. The molecule has 5 nitrogen and oxygen atoms in total. The zero-order valence-electron chi connectivity index (χ0n) is 15.3. The lowest BCUT2D eigenvalue weighted by atomic mass is 10.1. The zero-order valence-corrected chi connectivity index (χ0v) is 17.6. The van der Waals surface area contributed by atoms with E-state index in [4.69, 9.17) is 0 Å². The Labute approximate surface area is 158 Å². The number of guanidine groups is 1. The van der Waals surface area contributed by atoms with Crippen molar-refractivity contribution in [3.8, 4) is 0 Å². The number of imidazole rings is 1. The van der Waals surface area contributed by atoms with Crippen LogP contribution in [-0.2, 0) is 13.1 Å². The van der Waals surface area contributed by atoms with Crippen LogP contribution in [0.2, 0.25) is 0 Å². The summed E-state index contributed by atoms with van der Waals surface area (Å²) < 4.78 is 2.19. The fourth-order valence-electron chi connectivity index (χ4n) is 2.26. The van der Waals surface area contributed by atoms with Gasteiger partial charge in [-0.25, -0.2) is 9.98 Å². The first-order valence-electron chi connectivity index (χ1n) is 8.55. The monoisotopic (exact) mass is 435 g/mol. The minimum absolute atomic E-state index is 0. The van der Waals surface area contributed by atoms with Crippen LogP contribution >= 0.6 is 24.0 Å². The highest BCUT2D eigenvalue weighted by atomic mass is 127. The molecule has 1 aromatic rings. The number of hydrogen-bond acceptors (Lipinski definition) is 2. The van der Waals surface area contributed by atoms with Crippen LogP contribution in [-0.4, -0.2) is 28.6 Å². The van der Waals surface area contributed by atoms with Crippen LogP contribution in [0.15, 0.2) is 17.4 Å². The molecular weight excluding hydrogens is 401 g/mol. The number of nitrogens with zero attached hydrogens (tertiary/aromatic N) is 3. The number of aromatic nitrogens is 2. The molecule has 2 N–H and O–H groups in total. The Bertz CT molecular complexity index is 440.